The van der Waals surface area contributed by atoms with E-state index in [4.69, 9.17) is 22.1 Å². The lowest BCUT2D eigenvalue weighted by Crippen LogP contribution is -2.44. The molecule has 5 nitrogen and oxygen atoms in total. The van der Waals surface area contributed by atoms with Crippen LogP contribution in [0.4, 0.5) is 11.5 Å². The number of aromatic nitrogens is 2. The zero-order valence-corrected chi connectivity index (χ0v) is 14.1. The van der Waals surface area contributed by atoms with E-state index in [1.807, 2.05) is 12.1 Å². The normalized spacial score (nSPS) is 18.4. The van der Waals surface area contributed by atoms with Crippen molar-refractivity contribution in [1.82, 2.24) is 9.97 Å². The zero-order chi connectivity index (χ0) is 16.4. The molecule has 0 aliphatic carbocycles. The summed E-state index contributed by atoms with van der Waals surface area (Å²) in [6, 6.07) is 8.27. The third kappa shape index (κ3) is 3.57. The fraction of sp³-hybridized carbons (Fsp3) is 0.412. The first-order valence-electron chi connectivity index (χ1n) is 7.79. The molecule has 2 heterocycles. The molecule has 1 aliphatic rings. The van der Waals surface area contributed by atoms with E-state index in [1.54, 1.807) is 6.20 Å². The zero-order valence-electron chi connectivity index (χ0n) is 13.4. The SMILES string of the molecule is CC(C)[C@@H]1CN(c2ccc(-c3cnc(N)c(Cl)n3)cc2)CCO1. The molecule has 1 aromatic carbocycles. The first kappa shape index (κ1) is 16.0. The van der Waals surface area contributed by atoms with Gasteiger partial charge in [-0.2, -0.15) is 0 Å². The Morgan fingerprint density at radius 1 is 1.30 bits per heavy atom. The van der Waals surface area contributed by atoms with Gasteiger partial charge >= 0.3 is 0 Å². The van der Waals surface area contributed by atoms with Gasteiger partial charge in [-0.15, -0.1) is 0 Å². The number of hydrogen-bond acceptors (Lipinski definition) is 5. The minimum absolute atomic E-state index is 0.236. The van der Waals surface area contributed by atoms with Crippen molar-refractivity contribution in [2.45, 2.75) is 20.0 Å². The fourth-order valence-electron chi connectivity index (χ4n) is 2.67. The fourth-order valence-corrected chi connectivity index (χ4v) is 2.81. The largest absolute Gasteiger partial charge is 0.381 e. The van der Waals surface area contributed by atoms with Crippen LogP contribution in [0.3, 0.4) is 0 Å². The van der Waals surface area contributed by atoms with Crippen LogP contribution in [-0.2, 0) is 4.74 Å². The van der Waals surface area contributed by atoms with E-state index in [-0.39, 0.29) is 17.1 Å². The molecule has 0 unspecified atom stereocenters. The number of nitrogens with zero attached hydrogens (tertiary/aromatic N) is 3. The molecular weight excluding hydrogens is 312 g/mol. The third-order valence-electron chi connectivity index (χ3n) is 4.12. The Hall–Kier alpha value is -1.85. The van der Waals surface area contributed by atoms with Crippen LogP contribution in [0.2, 0.25) is 5.15 Å². The van der Waals surface area contributed by atoms with Crippen molar-refractivity contribution < 1.29 is 4.74 Å². The Morgan fingerprint density at radius 3 is 2.70 bits per heavy atom. The second-order valence-corrected chi connectivity index (χ2v) is 6.44. The minimum atomic E-state index is 0.236. The van der Waals surface area contributed by atoms with Crippen molar-refractivity contribution in [2.24, 2.45) is 5.92 Å². The maximum atomic E-state index is 5.94. The molecule has 122 valence electrons. The Kier molecular flexibility index (Phi) is 4.68. The van der Waals surface area contributed by atoms with E-state index in [0.717, 1.165) is 31.0 Å². The third-order valence-corrected chi connectivity index (χ3v) is 4.40. The van der Waals surface area contributed by atoms with Crippen molar-refractivity contribution in [1.29, 1.82) is 0 Å². The first-order valence-corrected chi connectivity index (χ1v) is 8.17. The smallest absolute Gasteiger partial charge is 0.171 e. The number of morpholine rings is 1. The predicted molar refractivity (Wildman–Crippen MR) is 93.7 cm³/mol. The Morgan fingerprint density at radius 2 is 2.04 bits per heavy atom. The molecule has 0 radical (unpaired) electrons. The lowest BCUT2D eigenvalue weighted by atomic mass is 10.0. The number of anilines is 2. The number of rotatable bonds is 3. The van der Waals surface area contributed by atoms with Gasteiger partial charge in [0.1, 0.15) is 0 Å². The molecule has 0 saturated carbocycles. The van der Waals surface area contributed by atoms with E-state index < -0.39 is 0 Å². The van der Waals surface area contributed by atoms with Crippen molar-refractivity contribution in [3.63, 3.8) is 0 Å². The van der Waals surface area contributed by atoms with Crippen LogP contribution in [0.25, 0.3) is 11.3 Å². The van der Waals surface area contributed by atoms with Crippen LogP contribution < -0.4 is 10.6 Å². The molecule has 6 heteroatoms. The lowest BCUT2D eigenvalue weighted by molar-refractivity contribution is 0.0114. The van der Waals surface area contributed by atoms with Gasteiger partial charge in [-0.25, -0.2) is 9.97 Å². The van der Waals surface area contributed by atoms with Crippen LogP contribution >= 0.6 is 11.6 Å². The highest BCUT2D eigenvalue weighted by molar-refractivity contribution is 6.31. The highest BCUT2D eigenvalue weighted by Crippen LogP contribution is 2.25. The van der Waals surface area contributed by atoms with Gasteiger partial charge in [0.2, 0.25) is 0 Å². The van der Waals surface area contributed by atoms with E-state index >= 15 is 0 Å². The van der Waals surface area contributed by atoms with Crippen molar-refractivity contribution >= 4 is 23.1 Å². The van der Waals surface area contributed by atoms with E-state index in [2.05, 4.69) is 40.8 Å². The number of hydrogen-bond donors (Lipinski definition) is 1. The first-order chi connectivity index (χ1) is 11.0. The van der Waals surface area contributed by atoms with Gasteiger partial charge < -0.3 is 15.4 Å². The lowest BCUT2D eigenvalue weighted by Gasteiger charge is -2.36. The van der Waals surface area contributed by atoms with Crippen LogP contribution in [-0.4, -0.2) is 35.8 Å². The monoisotopic (exact) mass is 332 g/mol. The summed E-state index contributed by atoms with van der Waals surface area (Å²) in [5, 5.41) is 0.236. The van der Waals surface area contributed by atoms with Gasteiger partial charge in [-0.05, 0) is 18.1 Å². The number of nitrogens with two attached hydrogens (primary N) is 1. The Bertz CT molecular complexity index is 675. The Balaban J connectivity index is 1.77. The maximum Gasteiger partial charge on any atom is 0.171 e. The summed E-state index contributed by atoms with van der Waals surface area (Å²) in [5.74, 6) is 0.768. The van der Waals surface area contributed by atoms with Crippen LogP contribution in [0, 0.1) is 5.92 Å². The average molecular weight is 333 g/mol. The van der Waals surface area contributed by atoms with E-state index in [1.165, 1.54) is 5.69 Å². The molecule has 1 fully saturated rings. The molecule has 2 N–H and O–H groups in total. The Labute approximate surface area is 141 Å². The molecule has 1 aromatic heterocycles. The number of ether oxygens (including phenoxy) is 1. The number of halogens is 1. The molecule has 0 bridgehead atoms. The summed E-state index contributed by atoms with van der Waals surface area (Å²) in [4.78, 5) is 10.7. The second kappa shape index (κ2) is 6.72. The van der Waals surface area contributed by atoms with E-state index in [9.17, 15) is 0 Å². The summed E-state index contributed by atoms with van der Waals surface area (Å²) in [5.41, 5.74) is 8.48. The van der Waals surface area contributed by atoms with Gasteiger partial charge in [0, 0.05) is 24.3 Å². The highest BCUT2D eigenvalue weighted by Gasteiger charge is 2.23. The highest BCUT2D eigenvalue weighted by atomic mass is 35.5. The molecule has 3 rings (SSSR count). The predicted octanol–water partition coefficient (Wildman–Crippen LogP) is 3.24. The summed E-state index contributed by atoms with van der Waals surface area (Å²) in [6.45, 7) is 6.99. The molecule has 0 amide bonds. The maximum absolute atomic E-state index is 5.94. The van der Waals surface area contributed by atoms with Crippen molar-refractivity contribution in [3.05, 3.63) is 35.6 Å². The van der Waals surface area contributed by atoms with Gasteiger partial charge in [-0.1, -0.05) is 37.6 Å². The minimum Gasteiger partial charge on any atom is -0.381 e. The quantitative estimate of drug-likeness (QED) is 0.934. The molecule has 1 atom stereocenters. The van der Waals surface area contributed by atoms with Crippen LogP contribution in [0.5, 0.6) is 0 Å². The standard InChI is InChI=1S/C17H21ClN4O/c1-11(2)15-10-22(7-8-23-15)13-5-3-12(4-6-13)14-9-20-17(19)16(18)21-14/h3-6,9,11,15H,7-8,10H2,1-2H3,(H2,19,20)/t15-/m0/s1. The number of nitrogen functional groups attached to an aromatic ring is 1. The molecule has 1 aliphatic heterocycles. The summed E-state index contributed by atoms with van der Waals surface area (Å²) in [7, 11) is 0. The summed E-state index contributed by atoms with van der Waals surface area (Å²) < 4.78 is 5.82. The molecule has 2 aromatic rings. The van der Waals surface area contributed by atoms with Gasteiger partial charge in [0.05, 0.1) is 24.6 Å². The van der Waals surface area contributed by atoms with Gasteiger partial charge in [0.15, 0.2) is 11.0 Å². The number of benzene rings is 1. The second-order valence-electron chi connectivity index (χ2n) is 6.08. The van der Waals surface area contributed by atoms with Crippen LogP contribution in [0.15, 0.2) is 30.5 Å². The average Bonchev–Trinajstić information content (AvgIpc) is 2.57. The van der Waals surface area contributed by atoms with Crippen molar-refractivity contribution in [3.8, 4) is 11.3 Å². The molecule has 0 spiro atoms. The summed E-state index contributed by atoms with van der Waals surface area (Å²) in [6.07, 6.45) is 1.92. The van der Waals surface area contributed by atoms with Crippen molar-refractivity contribution in [2.75, 3.05) is 30.3 Å². The van der Waals surface area contributed by atoms with E-state index in [0.29, 0.717) is 5.92 Å². The van der Waals surface area contributed by atoms with Gasteiger partial charge in [0.25, 0.3) is 0 Å². The molecular formula is C17H21ClN4O. The molecule has 1 saturated heterocycles. The topological polar surface area (TPSA) is 64.3 Å². The van der Waals surface area contributed by atoms with Gasteiger partial charge in [-0.3, -0.25) is 0 Å². The summed E-state index contributed by atoms with van der Waals surface area (Å²) >= 11 is 5.94. The molecule has 23 heavy (non-hydrogen) atoms. The van der Waals surface area contributed by atoms with Crippen LogP contribution in [0.1, 0.15) is 13.8 Å².